The maximum atomic E-state index is 11.6. The third-order valence-electron chi connectivity index (χ3n) is 2.93. The lowest BCUT2D eigenvalue weighted by Crippen LogP contribution is -2.56. The summed E-state index contributed by atoms with van der Waals surface area (Å²) in [7, 11) is 0. The molecule has 0 spiro atoms. The molecule has 0 aromatic carbocycles. The molecule has 4 heteroatoms. The number of nitrogens with two attached hydrogens (primary N) is 1. The summed E-state index contributed by atoms with van der Waals surface area (Å²) in [5, 5.41) is 0. The van der Waals surface area contributed by atoms with Gasteiger partial charge in [0.1, 0.15) is 0 Å². The second-order valence-corrected chi connectivity index (χ2v) is 5.27. The van der Waals surface area contributed by atoms with Gasteiger partial charge in [-0.05, 0) is 27.7 Å². The van der Waals surface area contributed by atoms with Crippen molar-refractivity contribution in [1.82, 2.24) is 9.80 Å². The minimum atomic E-state index is -0.369. The van der Waals surface area contributed by atoms with Gasteiger partial charge in [-0.3, -0.25) is 9.69 Å². The van der Waals surface area contributed by atoms with Crippen LogP contribution in [0.3, 0.4) is 0 Å². The highest BCUT2D eigenvalue weighted by molar-refractivity contribution is 5.81. The topological polar surface area (TPSA) is 49.6 Å². The molecule has 1 heterocycles. The van der Waals surface area contributed by atoms with Gasteiger partial charge < -0.3 is 10.6 Å². The van der Waals surface area contributed by atoms with E-state index in [1.807, 2.05) is 4.90 Å². The van der Waals surface area contributed by atoms with Gasteiger partial charge in [0, 0.05) is 31.7 Å². The number of hydrogen-bond acceptors (Lipinski definition) is 3. The number of amides is 1. The van der Waals surface area contributed by atoms with Crippen LogP contribution in [0.4, 0.5) is 0 Å². The number of piperazine rings is 1. The predicted octanol–water partition coefficient (Wildman–Crippen LogP) is 0.276. The molecule has 0 unspecified atom stereocenters. The Hall–Kier alpha value is -0.610. The van der Waals surface area contributed by atoms with Crippen molar-refractivity contribution in [2.24, 2.45) is 5.73 Å². The van der Waals surface area contributed by atoms with Crippen LogP contribution in [0.1, 0.15) is 27.7 Å². The summed E-state index contributed by atoms with van der Waals surface area (Å²) in [6.45, 7) is 11.9. The van der Waals surface area contributed by atoms with Gasteiger partial charge in [-0.15, -0.1) is 0 Å². The van der Waals surface area contributed by atoms with Crippen molar-refractivity contribution in [3.05, 3.63) is 0 Å². The molecule has 1 rings (SSSR count). The first-order valence-electron chi connectivity index (χ1n) is 5.62. The first kappa shape index (κ1) is 12.5. The smallest absolute Gasteiger partial charge is 0.239 e. The lowest BCUT2D eigenvalue weighted by Gasteiger charge is -2.42. The highest BCUT2D eigenvalue weighted by Crippen LogP contribution is 2.15. The third-order valence-corrected chi connectivity index (χ3v) is 2.93. The van der Waals surface area contributed by atoms with Crippen LogP contribution < -0.4 is 5.73 Å². The van der Waals surface area contributed by atoms with Crippen LogP contribution in [0, 0.1) is 0 Å². The van der Waals surface area contributed by atoms with Crippen LogP contribution in [-0.2, 0) is 4.79 Å². The van der Waals surface area contributed by atoms with E-state index >= 15 is 0 Å². The summed E-state index contributed by atoms with van der Waals surface area (Å²) in [5.74, 6) is 0.0727. The Bertz CT molecular complexity index is 224. The largest absolute Gasteiger partial charge is 0.339 e. The molecule has 1 aliphatic rings. The molecular formula is C11H23N3O. The van der Waals surface area contributed by atoms with Gasteiger partial charge in [0.05, 0.1) is 6.04 Å². The van der Waals surface area contributed by atoms with Crippen LogP contribution in [0.15, 0.2) is 0 Å². The number of rotatable bonds is 1. The maximum absolute atomic E-state index is 11.6. The quantitative estimate of drug-likeness (QED) is 0.680. The lowest BCUT2D eigenvalue weighted by molar-refractivity contribution is -0.134. The molecule has 1 amide bonds. The molecule has 0 aromatic rings. The number of hydrogen-bond donors (Lipinski definition) is 1. The molecule has 88 valence electrons. The van der Waals surface area contributed by atoms with Crippen molar-refractivity contribution < 1.29 is 4.79 Å². The van der Waals surface area contributed by atoms with Gasteiger partial charge in [0.2, 0.25) is 5.91 Å². The summed E-state index contributed by atoms with van der Waals surface area (Å²) in [6, 6.07) is -0.369. The average Bonchev–Trinajstić information content (AvgIpc) is 2.15. The van der Waals surface area contributed by atoms with Crippen molar-refractivity contribution in [2.75, 3.05) is 26.2 Å². The fraction of sp³-hybridized carbons (Fsp3) is 0.909. The molecule has 4 nitrogen and oxygen atoms in total. The zero-order chi connectivity index (χ0) is 11.6. The SMILES string of the molecule is C[C@H](N)C(=O)N1CCN(C(C)(C)C)CC1. The van der Waals surface area contributed by atoms with Gasteiger partial charge in [-0.1, -0.05) is 0 Å². The Labute approximate surface area is 92.4 Å². The molecule has 0 aromatic heterocycles. The van der Waals surface area contributed by atoms with Gasteiger partial charge in [0.25, 0.3) is 0 Å². The van der Waals surface area contributed by atoms with Crippen molar-refractivity contribution in [1.29, 1.82) is 0 Å². The van der Waals surface area contributed by atoms with Crippen LogP contribution in [0.2, 0.25) is 0 Å². The monoisotopic (exact) mass is 213 g/mol. The van der Waals surface area contributed by atoms with E-state index in [2.05, 4.69) is 25.7 Å². The van der Waals surface area contributed by atoms with Crippen LogP contribution in [0.25, 0.3) is 0 Å². The summed E-state index contributed by atoms with van der Waals surface area (Å²) in [4.78, 5) is 15.9. The van der Waals surface area contributed by atoms with Crippen molar-refractivity contribution in [3.63, 3.8) is 0 Å². The van der Waals surface area contributed by atoms with E-state index in [-0.39, 0.29) is 17.5 Å². The lowest BCUT2D eigenvalue weighted by atomic mass is 10.0. The molecule has 15 heavy (non-hydrogen) atoms. The molecule has 1 aliphatic heterocycles. The summed E-state index contributed by atoms with van der Waals surface area (Å²) >= 11 is 0. The highest BCUT2D eigenvalue weighted by Gasteiger charge is 2.28. The first-order chi connectivity index (χ1) is 6.82. The van der Waals surface area contributed by atoms with E-state index in [9.17, 15) is 4.79 Å². The Morgan fingerprint density at radius 3 is 2.00 bits per heavy atom. The Morgan fingerprint density at radius 2 is 1.67 bits per heavy atom. The van der Waals surface area contributed by atoms with Gasteiger partial charge in [0.15, 0.2) is 0 Å². The number of carbonyl (C=O) groups excluding carboxylic acids is 1. The van der Waals surface area contributed by atoms with Gasteiger partial charge in [-0.25, -0.2) is 0 Å². The summed E-state index contributed by atoms with van der Waals surface area (Å²) in [6.07, 6.45) is 0. The van der Waals surface area contributed by atoms with E-state index in [0.717, 1.165) is 26.2 Å². The second-order valence-electron chi connectivity index (χ2n) is 5.27. The van der Waals surface area contributed by atoms with E-state index < -0.39 is 0 Å². The molecule has 0 radical (unpaired) electrons. The molecule has 0 aliphatic carbocycles. The normalized spacial score (nSPS) is 21.5. The zero-order valence-corrected chi connectivity index (χ0v) is 10.3. The highest BCUT2D eigenvalue weighted by atomic mass is 16.2. The van der Waals surface area contributed by atoms with Gasteiger partial charge >= 0.3 is 0 Å². The number of nitrogens with zero attached hydrogens (tertiary/aromatic N) is 2. The molecule has 1 fully saturated rings. The molecule has 1 atom stereocenters. The fourth-order valence-corrected chi connectivity index (χ4v) is 1.89. The minimum Gasteiger partial charge on any atom is -0.339 e. The van der Waals surface area contributed by atoms with E-state index in [1.54, 1.807) is 6.92 Å². The molecule has 0 saturated carbocycles. The zero-order valence-electron chi connectivity index (χ0n) is 10.3. The van der Waals surface area contributed by atoms with Crippen molar-refractivity contribution in [3.8, 4) is 0 Å². The van der Waals surface area contributed by atoms with Crippen LogP contribution in [0.5, 0.6) is 0 Å². The Morgan fingerprint density at radius 1 is 1.20 bits per heavy atom. The van der Waals surface area contributed by atoms with Gasteiger partial charge in [-0.2, -0.15) is 0 Å². The molecular weight excluding hydrogens is 190 g/mol. The Balaban J connectivity index is 2.46. The molecule has 1 saturated heterocycles. The van der Waals surface area contributed by atoms with E-state index in [1.165, 1.54) is 0 Å². The molecule has 2 N–H and O–H groups in total. The fourth-order valence-electron chi connectivity index (χ4n) is 1.89. The average molecular weight is 213 g/mol. The third kappa shape index (κ3) is 3.18. The summed E-state index contributed by atoms with van der Waals surface area (Å²) in [5.41, 5.74) is 5.78. The second kappa shape index (κ2) is 4.49. The van der Waals surface area contributed by atoms with Crippen LogP contribution >= 0.6 is 0 Å². The number of carbonyl (C=O) groups is 1. The van der Waals surface area contributed by atoms with E-state index in [0.29, 0.717) is 0 Å². The first-order valence-corrected chi connectivity index (χ1v) is 5.62. The van der Waals surface area contributed by atoms with E-state index in [4.69, 9.17) is 5.73 Å². The van der Waals surface area contributed by atoms with Crippen molar-refractivity contribution in [2.45, 2.75) is 39.3 Å². The van der Waals surface area contributed by atoms with Crippen molar-refractivity contribution >= 4 is 5.91 Å². The summed E-state index contributed by atoms with van der Waals surface area (Å²) < 4.78 is 0. The maximum Gasteiger partial charge on any atom is 0.239 e. The molecule has 0 bridgehead atoms. The van der Waals surface area contributed by atoms with Crippen LogP contribution in [-0.4, -0.2) is 53.5 Å². The minimum absolute atomic E-state index is 0.0727. The standard InChI is InChI=1S/C11H23N3O/c1-9(12)10(15)13-5-7-14(8-6-13)11(2,3)4/h9H,5-8,12H2,1-4H3/t9-/m0/s1. The predicted molar refractivity (Wildman–Crippen MR) is 61.6 cm³/mol. The Kier molecular flexibility index (Phi) is 3.73.